The Morgan fingerprint density at radius 3 is 3.08 bits per heavy atom. The van der Waals surface area contributed by atoms with Crippen LogP contribution in [0.1, 0.15) is 10.5 Å². The summed E-state index contributed by atoms with van der Waals surface area (Å²) in [6.45, 7) is 0.696. The minimum absolute atomic E-state index is 0.00361. The Kier molecular flexibility index (Phi) is 3.09. The minimum atomic E-state index is -1.04. The molecule has 66 valence electrons. The quantitative estimate of drug-likeness (QED) is 0.736. The van der Waals surface area contributed by atoms with Gasteiger partial charge in [0.05, 0.1) is 12.7 Å². The molecule has 0 saturated heterocycles. The molecular formula is C6H9N3O2S. The first kappa shape index (κ1) is 9.05. The molecule has 0 aliphatic carbocycles. The summed E-state index contributed by atoms with van der Waals surface area (Å²) in [6.07, 6.45) is 3.41. The van der Waals surface area contributed by atoms with Gasteiger partial charge in [-0.3, -0.25) is 4.68 Å². The molecule has 0 atom stereocenters. The molecule has 6 heteroatoms. The van der Waals surface area contributed by atoms with Gasteiger partial charge in [-0.1, -0.05) is 5.21 Å². The predicted octanol–water partition coefficient (Wildman–Crippen LogP) is 0.339. The van der Waals surface area contributed by atoms with Crippen LogP contribution in [0.2, 0.25) is 0 Å². The van der Waals surface area contributed by atoms with Crippen molar-refractivity contribution in [3.8, 4) is 0 Å². The van der Waals surface area contributed by atoms with E-state index in [4.69, 9.17) is 5.11 Å². The maximum Gasteiger partial charge on any atom is 0.358 e. The number of hydrogen-bond acceptors (Lipinski definition) is 4. The van der Waals surface area contributed by atoms with E-state index in [1.165, 1.54) is 10.9 Å². The molecule has 0 radical (unpaired) electrons. The molecule has 0 spiro atoms. The fourth-order valence-corrected chi connectivity index (χ4v) is 1.06. The van der Waals surface area contributed by atoms with Crippen LogP contribution in [0.5, 0.6) is 0 Å². The lowest BCUT2D eigenvalue weighted by Crippen LogP contribution is -2.00. The lowest BCUT2D eigenvalue weighted by molar-refractivity contribution is 0.0690. The van der Waals surface area contributed by atoms with Crippen molar-refractivity contribution in [1.82, 2.24) is 15.0 Å². The Labute approximate surface area is 73.8 Å². The average Bonchev–Trinajstić information content (AvgIpc) is 2.48. The Morgan fingerprint density at radius 2 is 2.58 bits per heavy atom. The van der Waals surface area contributed by atoms with E-state index in [1.807, 2.05) is 6.26 Å². The third kappa shape index (κ3) is 2.23. The number of thioether (sulfide) groups is 1. The van der Waals surface area contributed by atoms with E-state index in [0.717, 1.165) is 5.75 Å². The summed E-state index contributed by atoms with van der Waals surface area (Å²) in [4.78, 5) is 10.4. The highest BCUT2D eigenvalue weighted by Gasteiger charge is 2.06. The molecular weight excluding hydrogens is 178 g/mol. The van der Waals surface area contributed by atoms with Crippen LogP contribution in [0.15, 0.2) is 6.20 Å². The average molecular weight is 187 g/mol. The van der Waals surface area contributed by atoms with Gasteiger partial charge in [0, 0.05) is 5.75 Å². The highest BCUT2D eigenvalue weighted by Crippen LogP contribution is 1.96. The zero-order valence-electron chi connectivity index (χ0n) is 6.60. The largest absolute Gasteiger partial charge is 0.476 e. The molecule has 0 aromatic carbocycles. The first-order valence-corrected chi connectivity index (χ1v) is 4.76. The second kappa shape index (κ2) is 4.10. The number of aromatic nitrogens is 3. The third-order valence-corrected chi connectivity index (χ3v) is 1.87. The van der Waals surface area contributed by atoms with Gasteiger partial charge in [0.15, 0.2) is 5.69 Å². The van der Waals surface area contributed by atoms with Crippen molar-refractivity contribution < 1.29 is 9.90 Å². The standard InChI is InChI=1S/C6H9N3O2S/c1-12-3-2-9-4-5(6(10)11)7-8-9/h4H,2-3H2,1H3,(H,10,11). The van der Waals surface area contributed by atoms with E-state index < -0.39 is 5.97 Å². The highest BCUT2D eigenvalue weighted by molar-refractivity contribution is 7.98. The fourth-order valence-electron chi connectivity index (χ4n) is 0.690. The number of nitrogens with zero attached hydrogens (tertiary/aromatic N) is 3. The molecule has 1 rings (SSSR count). The molecule has 0 amide bonds. The molecule has 1 aromatic heterocycles. The van der Waals surface area contributed by atoms with Crippen LogP contribution in [0.4, 0.5) is 0 Å². The number of hydrogen-bond donors (Lipinski definition) is 1. The smallest absolute Gasteiger partial charge is 0.358 e. The van der Waals surface area contributed by atoms with Crippen LogP contribution >= 0.6 is 11.8 Å². The van der Waals surface area contributed by atoms with Gasteiger partial charge in [0.25, 0.3) is 0 Å². The van der Waals surface area contributed by atoms with Gasteiger partial charge >= 0.3 is 5.97 Å². The number of rotatable bonds is 4. The summed E-state index contributed by atoms with van der Waals surface area (Å²) >= 11 is 1.68. The summed E-state index contributed by atoms with van der Waals surface area (Å²) in [6, 6.07) is 0. The number of aryl methyl sites for hydroxylation is 1. The van der Waals surface area contributed by atoms with Crippen molar-refractivity contribution in [2.75, 3.05) is 12.0 Å². The first-order valence-electron chi connectivity index (χ1n) is 3.36. The van der Waals surface area contributed by atoms with Crippen molar-refractivity contribution in [1.29, 1.82) is 0 Å². The lowest BCUT2D eigenvalue weighted by Gasteiger charge is -1.94. The van der Waals surface area contributed by atoms with Crippen LogP contribution in [-0.4, -0.2) is 38.1 Å². The van der Waals surface area contributed by atoms with E-state index in [0.29, 0.717) is 6.54 Å². The Bertz CT molecular complexity index is 274. The van der Waals surface area contributed by atoms with Crippen LogP contribution in [0.25, 0.3) is 0 Å². The summed E-state index contributed by atoms with van der Waals surface area (Å²) in [5, 5.41) is 15.6. The molecule has 0 saturated carbocycles. The van der Waals surface area contributed by atoms with Crippen LogP contribution in [0.3, 0.4) is 0 Å². The normalized spacial score (nSPS) is 10.1. The molecule has 1 heterocycles. The molecule has 0 unspecified atom stereocenters. The zero-order chi connectivity index (χ0) is 8.97. The second-order valence-corrected chi connectivity index (χ2v) is 3.15. The maximum atomic E-state index is 10.4. The van der Waals surface area contributed by atoms with Gasteiger partial charge in [-0.15, -0.1) is 5.10 Å². The predicted molar refractivity (Wildman–Crippen MR) is 45.4 cm³/mol. The summed E-state index contributed by atoms with van der Waals surface area (Å²) < 4.78 is 1.53. The van der Waals surface area contributed by atoms with Crippen LogP contribution in [0, 0.1) is 0 Å². The number of carboxylic acids is 1. The Hall–Kier alpha value is -1.04. The molecule has 0 aliphatic heterocycles. The maximum absolute atomic E-state index is 10.4. The number of carboxylic acid groups (broad SMARTS) is 1. The summed E-state index contributed by atoms with van der Waals surface area (Å²) in [5.74, 6) is -0.131. The molecule has 5 nitrogen and oxygen atoms in total. The molecule has 0 fully saturated rings. The molecule has 12 heavy (non-hydrogen) atoms. The Morgan fingerprint density at radius 1 is 1.83 bits per heavy atom. The van der Waals surface area contributed by atoms with Gasteiger partial charge in [0.1, 0.15) is 0 Å². The molecule has 0 aliphatic rings. The third-order valence-electron chi connectivity index (χ3n) is 1.28. The van der Waals surface area contributed by atoms with Crippen LogP contribution in [-0.2, 0) is 6.54 Å². The first-order chi connectivity index (χ1) is 5.74. The van der Waals surface area contributed by atoms with Gasteiger partial charge in [-0.2, -0.15) is 11.8 Å². The fraction of sp³-hybridized carbons (Fsp3) is 0.500. The van der Waals surface area contributed by atoms with E-state index in [-0.39, 0.29) is 5.69 Å². The van der Waals surface area contributed by atoms with Crippen molar-refractivity contribution in [3.05, 3.63) is 11.9 Å². The van der Waals surface area contributed by atoms with E-state index in [9.17, 15) is 4.79 Å². The van der Waals surface area contributed by atoms with Crippen molar-refractivity contribution in [2.45, 2.75) is 6.54 Å². The highest BCUT2D eigenvalue weighted by atomic mass is 32.2. The monoisotopic (exact) mass is 187 g/mol. The van der Waals surface area contributed by atoms with Crippen molar-refractivity contribution in [3.63, 3.8) is 0 Å². The summed E-state index contributed by atoms with van der Waals surface area (Å²) in [5.41, 5.74) is -0.00361. The summed E-state index contributed by atoms with van der Waals surface area (Å²) in [7, 11) is 0. The van der Waals surface area contributed by atoms with Gasteiger partial charge in [-0.05, 0) is 6.26 Å². The van der Waals surface area contributed by atoms with Crippen LogP contribution < -0.4 is 0 Å². The Balaban J connectivity index is 2.58. The van der Waals surface area contributed by atoms with Crippen molar-refractivity contribution >= 4 is 17.7 Å². The lowest BCUT2D eigenvalue weighted by atomic mass is 10.5. The SMILES string of the molecule is CSCCn1cc(C(=O)O)nn1. The van der Waals surface area contributed by atoms with Gasteiger partial charge in [0.2, 0.25) is 0 Å². The number of aromatic carboxylic acids is 1. The van der Waals surface area contributed by atoms with E-state index in [1.54, 1.807) is 11.8 Å². The van der Waals surface area contributed by atoms with E-state index in [2.05, 4.69) is 10.3 Å². The topological polar surface area (TPSA) is 68.0 Å². The minimum Gasteiger partial charge on any atom is -0.476 e. The van der Waals surface area contributed by atoms with Crippen molar-refractivity contribution in [2.24, 2.45) is 0 Å². The zero-order valence-corrected chi connectivity index (χ0v) is 7.41. The van der Waals surface area contributed by atoms with Gasteiger partial charge < -0.3 is 5.11 Å². The molecule has 1 aromatic rings. The molecule has 0 bridgehead atoms. The molecule has 1 N–H and O–H groups in total. The van der Waals surface area contributed by atoms with E-state index >= 15 is 0 Å². The van der Waals surface area contributed by atoms with Gasteiger partial charge in [-0.25, -0.2) is 4.79 Å². The second-order valence-electron chi connectivity index (χ2n) is 2.16. The number of carbonyl (C=O) groups is 1.